The van der Waals surface area contributed by atoms with Gasteiger partial charge >= 0.3 is 5.97 Å². The van der Waals surface area contributed by atoms with Crippen molar-refractivity contribution >= 4 is 34.4 Å². The molecular formula is C25H20BrO2P. The molecule has 144 valence electrons. The summed E-state index contributed by atoms with van der Waals surface area (Å²) < 4.78 is 0. The van der Waals surface area contributed by atoms with Gasteiger partial charge in [-0.3, -0.25) is 0 Å². The highest BCUT2D eigenvalue weighted by Gasteiger charge is 2.47. The maximum absolute atomic E-state index is 11.7. The lowest BCUT2D eigenvalue weighted by atomic mass is 10.2. The van der Waals surface area contributed by atoms with Crippen LogP contribution >= 0.6 is 7.26 Å². The monoisotopic (exact) mass is 462 g/mol. The van der Waals surface area contributed by atoms with Crippen molar-refractivity contribution in [3.8, 4) is 0 Å². The summed E-state index contributed by atoms with van der Waals surface area (Å²) in [6.07, 6.45) is 0. The number of halogens is 1. The lowest BCUT2D eigenvalue weighted by molar-refractivity contribution is -0.0000208. The summed E-state index contributed by atoms with van der Waals surface area (Å²) in [6, 6.07) is 38.7. The first-order valence-corrected chi connectivity index (χ1v) is 10.9. The number of carbonyl (C=O) groups is 1. The standard InChI is InChI=1S/C25H19O2P.BrH/c26-25(27)20-11-10-18-24(19-20)28(21-12-4-1-5-13-21,22-14-6-2-7-15-22)23-16-8-3-9-17-23;/h1-19H;1H. The van der Waals surface area contributed by atoms with Gasteiger partial charge in [-0.05, 0) is 54.6 Å². The predicted octanol–water partition coefficient (Wildman–Crippen LogP) is 1.01. The molecule has 0 aromatic heterocycles. The van der Waals surface area contributed by atoms with Crippen LogP contribution in [-0.2, 0) is 0 Å². The average molecular weight is 463 g/mol. The van der Waals surface area contributed by atoms with E-state index in [-0.39, 0.29) is 17.0 Å². The zero-order valence-electron chi connectivity index (χ0n) is 15.7. The molecule has 0 fully saturated rings. The zero-order chi connectivity index (χ0) is 19.4. The van der Waals surface area contributed by atoms with Crippen molar-refractivity contribution in [3.63, 3.8) is 0 Å². The molecule has 4 rings (SSSR count). The fourth-order valence-electron chi connectivity index (χ4n) is 3.70. The van der Waals surface area contributed by atoms with Crippen LogP contribution in [0.2, 0.25) is 0 Å². The third-order valence-electron chi connectivity index (χ3n) is 4.91. The van der Waals surface area contributed by atoms with Crippen LogP contribution < -0.4 is 38.2 Å². The normalized spacial score (nSPS) is 10.8. The number of aromatic carboxylic acids is 1. The lowest BCUT2D eigenvalue weighted by Gasteiger charge is -2.27. The second-order valence-electron chi connectivity index (χ2n) is 6.53. The van der Waals surface area contributed by atoms with Gasteiger partial charge in [0.2, 0.25) is 0 Å². The van der Waals surface area contributed by atoms with Crippen molar-refractivity contribution in [2.24, 2.45) is 0 Å². The minimum absolute atomic E-state index is 0. The Morgan fingerprint density at radius 1 is 0.552 bits per heavy atom. The third kappa shape index (κ3) is 3.89. The number of rotatable bonds is 5. The molecule has 29 heavy (non-hydrogen) atoms. The van der Waals surface area contributed by atoms with Crippen LogP contribution in [0.1, 0.15) is 10.4 Å². The van der Waals surface area contributed by atoms with E-state index in [1.54, 1.807) is 6.07 Å². The van der Waals surface area contributed by atoms with Crippen molar-refractivity contribution in [3.05, 3.63) is 121 Å². The number of hydrogen-bond acceptors (Lipinski definition) is 1. The quantitative estimate of drug-likeness (QED) is 0.449. The van der Waals surface area contributed by atoms with Gasteiger partial charge in [0.05, 0.1) is 5.56 Å². The molecule has 0 aliphatic heterocycles. The maximum atomic E-state index is 11.7. The molecule has 0 aliphatic rings. The minimum atomic E-state index is -2.24. The van der Waals surface area contributed by atoms with E-state index < -0.39 is 13.2 Å². The van der Waals surface area contributed by atoms with Crippen LogP contribution in [0, 0.1) is 0 Å². The highest BCUT2D eigenvalue weighted by molar-refractivity contribution is 8.01. The van der Waals surface area contributed by atoms with E-state index in [0.717, 1.165) is 5.30 Å². The highest BCUT2D eigenvalue weighted by Crippen LogP contribution is 2.54. The molecule has 0 bridgehead atoms. The third-order valence-corrected chi connectivity index (χ3v) is 9.18. The first-order chi connectivity index (χ1) is 13.7. The van der Waals surface area contributed by atoms with E-state index >= 15 is 0 Å². The molecule has 4 aromatic rings. The number of hydrogen-bond donors (Lipinski definition) is 1. The molecule has 0 radical (unpaired) electrons. The van der Waals surface area contributed by atoms with Crippen molar-refractivity contribution in [2.45, 2.75) is 0 Å². The molecule has 4 heteroatoms. The Morgan fingerprint density at radius 2 is 0.931 bits per heavy atom. The number of carboxylic acid groups (broad SMARTS) is 1. The summed E-state index contributed by atoms with van der Waals surface area (Å²) in [7, 11) is -2.24. The molecule has 2 nitrogen and oxygen atoms in total. The predicted molar refractivity (Wildman–Crippen MR) is 118 cm³/mol. The van der Waals surface area contributed by atoms with E-state index in [0.29, 0.717) is 5.56 Å². The first kappa shape index (κ1) is 21.0. The van der Waals surface area contributed by atoms with Crippen LogP contribution in [0.5, 0.6) is 0 Å². The number of benzene rings is 4. The van der Waals surface area contributed by atoms with Gasteiger partial charge < -0.3 is 22.1 Å². The molecule has 0 unspecified atom stereocenters. The van der Waals surface area contributed by atoms with Gasteiger partial charge in [-0.2, -0.15) is 0 Å². The van der Waals surface area contributed by atoms with Gasteiger partial charge in [0.1, 0.15) is 28.5 Å². The summed E-state index contributed by atoms with van der Waals surface area (Å²) in [5.41, 5.74) is 0.310. The van der Waals surface area contributed by atoms with Gasteiger partial charge in [0, 0.05) is 0 Å². The Kier molecular flexibility index (Phi) is 6.64. The molecule has 0 saturated heterocycles. The SMILES string of the molecule is O=C(O)c1cccc([P+](c2ccccc2)(c2ccccc2)c2ccccc2)c1.[Br-]. The summed E-state index contributed by atoms with van der Waals surface area (Å²) >= 11 is 0. The Hall–Kier alpha value is -2.74. The molecule has 0 spiro atoms. The second-order valence-corrected chi connectivity index (χ2v) is 9.94. The largest absolute Gasteiger partial charge is 1.00 e. The smallest absolute Gasteiger partial charge is 0.335 e. The molecule has 4 aromatic carbocycles. The Bertz CT molecular complexity index is 987. The van der Waals surface area contributed by atoms with Gasteiger partial charge in [0.15, 0.2) is 0 Å². The van der Waals surface area contributed by atoms with Crippen molar-refractivity contribution in [1.29, 1.82) is 0 Å². The highest BCUT2D eigenvalue weighted by atomic mass is 79.9. The van der Waals surface area contributed by atoms with Crippen molar-refractivity contribution < 1.29 is 26.9 Å². The topological polar surface area (TPSA) is 37.3 Å². The van der Waals surface area contributed by atoms with E-state index in [1.807, 2.05) is 30.3 Å². The molecule has 0 atom stereocenters. The first-order valence-electron chi connectivity index (χ1n) is 9.13. The maximum Gasteiger partial charge on any atom is 0.335 e. The fourth-order valence-corrected chi connectivity index (χ4v) is 7.99. The lowest BCUT2D eigenvalue weighted by Crippen LogP contribution is -3.00. The van der Waals surface area contributed by atoms with E-state index in [9.17, 15) is 9.90 Å². The van der Waals surface area contributed by atoms with Crippen LogP contribution in [0.3, 0.4) is 0 Å². The zero-order valence-corrected chi connectivity index (χ0v) is 18.1. The molecule has 0 aliphatic carbocycles. The summed E-state index contributed by atoms with van der Waals surface area (Å²) in [6.45, 7) is 0. The van der Waals surface area contributed by atoms with Crippen LogP contribution in [-0.4, -0.2) is 11.1 Å². The minimum Gasteiger partial charge on any atom is -1.00 e. The molecule has 0 saturated carbocycles. The van der Waals surface area contributed by atoms with Crippen molar-refractivity contribution in [1.82, 2.24) is 0 Å². The van der Waals surface area contributed by atoms with Gasteiger partial charge in [-0.1, -0.05) is 60.7 Å². The number of carboxylic acids is 1. The fraction of sp³-hybridized carbons (Fsp3) is 0. The molecule has 0 heterocycles. The van der Waals surface area contributed by atoms with Crippen LogP contribution in [0.4, 0.5) is 0 Å². The van der Waals surface area contributed by atoms with E-state index in [4.69, 9.17) is 0 Å². The molecular weight excluding hydrogens is 443 g/mol. The van der Waals surface area contributed by atoms with Gasteiger partial charge in [-0.25, -0.2) is 4.79 Å². The average Bonchev–Trinajstić information content (AvgIpc) is 2.77. The summed E-state index contributed by atoms with van der Waals surface area (Å²) in [4.78, 5) is 11.7. The Labute approximate surface area is 182 Å². The summed E-state index contributed by atoms with van der Waals surface area (Å²) in [5, 5.41) is 14.2. The molecule has 1 N–H and O–H groups in total. The van der Waals surface area contributed by atoms with Crippen LogP contribution in [0.25, 0.3) is 0 Å². The second kappa shape index (κ2) is 9.17. The Morgan fingerprint density at radius 3 is 1.31 bits per heavy atom. The van der Waals surface area contributed by atoms with Crippen LogP contribution in [0.15, 0.2) is 115 Å². The van der Waals surface area contributed by atoms with E-state index in [1.165, 1.54) is 15.9 Å². The summed E-state index contributed by atoms with van der Waals surface area (Å²) in [5.74, 6) is -0.908. The van der Waals surface area contributed by atoms with Gasteiger partial charge in [0.25, 0.3) is 0 Å². The molecule has 0 amide bonds. The Balaban J connectivity index is 0.00000240. The van der Waals surface area contributed by atoms with E-state index in [2.05, 4.69) is 78.9 Å². The van der Waals surface area contributed by atoms with Crippen molar-refractivity contribution in [2.75, 3.05) is 0 Å². The van der Waals surface area contributed by atoms with Gasteiger partial charge in [-0.15, -0.1) is 0 Å².